The van der Waals surface area contributed by atoms with Crippen molar-refractivity contribution < 1.29 is 13.9 Å². The number of furan rings is 1. The Morgan fingerprint density at radius 2 is 1.67 bits per heavy atom. The molecular formula is C20H30O3Si. The van der Waals surface area contributed by atoms with E-state index < -0.39 is 8.07 Å². The highest BCUT2D eigenvalue weighted by molar-refractivity contribution is 6.94. The zero-order valence-corrected chi connectivity index (χ0v) is 17.0. The maximum Gasteiger partial charge on any atom is 0.338 e. The van der Waals surface area contributed by atoms with Crippen LogP contribution in [0.1, 0.15) is 58.8 Å². The summed E-state index contributed by atoms with van der Waals surface area (Å²) in [5.41, 5.74) is 3.07. The second kappa shape index (κ2) is 7.14. The fourth-order valence-corrected chi connectivity index (χ4v) is 10.9. The monoisotopic (exact) mass is 346 g/mol. The van der Waals surface area contributed by atoms with E-state index in [4.69, 9.17) is 9.15 Å². The van der Waals surface area contributed by atoms with Gasteiger partial charge in [-0.2, -0.15) is 0 Å². The summed E-state index contributed by atoms with van der Waals surface area (Å²) in [6.07, 6.45) is 0. The van der Waals surface area contributed by atoms with E-state index in [0.29, 0.717) is 28.8 Å². The van der Waals surface area contributed by atoms with Crippen molar-refractivity contribution >= 4 is 30.4 Å². The Labute approximate surface area is 146 Å². The van der Waals surface area contributed by atoms with Gasteiger partial charge < -0.3 is 9.15 Å². The van der Waals surface area contributed by atoms with Crippen LogP contribution in [0.2, 0.25) is 16.6 Å². The number of hydrogen-bond donors (Lipinski definition) is 0. The quantitative estimate of drug-likeness (QED) is 0.512. The van der Waals surface area contributed by atoms with E-state index in [2.05, 4.69) is 47.6 Å². The number of carbonyl (C=O) groups is 1. The summed E-state index contributed by atoms with van der Waals surface area (Å²) in [5.74, 6) is -0.277. The minimum absolute atomic E-state index is 0.277. The first-order valence-electron chi connectivity index (χ1n) is 8.96. The van der Waals surface area contributed by atoms with Gasteiger partial charge in [0.1, 0.15) is 13.7 Å². The van der Waals surface area contributed by atoms with Crippen LogP contribution in [0.25, 0.3) is 11.0 Å². The highest BCUT2D eigenvalue weighted by Gasteiger charge is 2.47. The van der Waals surface area contributed by atoms with Crippen molar-refractivity contribution in [3.05, 3.63) is 29.8 Å². The molecule has 132 valence electrons. The topological polar surface area (TPSA) is 39.4 Å². The Morgan fingerprint density at radius 3 is 2.17 bits per heavy atom. The molecule has 4 heteroatoms. The molecule has 0 saturated carbocycles. The molecule has 1 aromatic heterocycles. The number of fused-ring (bicyclic) bond motifs is 1. The van der Waals surface area contributed by atoms with E-state index in [1.165, 1.54) is 0 Å². The molecule has 0 radical (unpaired) electrons. The van der Waals surface area contributed by atoms with Gasteiger partial charge in [-0.25, -0.2) is 4.79 Å². The fraction of sp³-hybridized carbons (Fsp3) is 0.550. The number of ether oxygens (including phenoxy) is 1. The van der Waals surface area contributed by atoms with Crippen LogP contribution in [0.4, 0.5) is 0 Å². The summed E-state index contributed by atoms with van der Waals surface area (Å²) < 4.78 is 11.5. The second-order valence-electron chi connectivity index (χ2n) is 7.45. The number of rotatable bonds is 6. The number of benzene rings is 1. The van der Waals surface area contributed by atoms with Gasteiger partial charge in [0.2, 0.25) is 0 Å². The van der Waals surface area contributed by atoms with Gasteiger partial charge in [0, 0.05) is 5.39 Å². The van der Waals surface area contributed by atoms with Crippen LogP contribution in [0.3, 0.4) is 0 Å². The van der Waals surface area contributed by atoms with Gasteiger partial charge in [0.05, 0.1) is 17.6 Å². The third-order valence-electron chi connectivity index (χ3n) is 5.35. The van der Waals surface area contributed by atoms with E-state index >= 15 is 0 Å². The summed E-state index contributed by atoms with van der Waals surface area (Å²) in [4.78, 5) is 12.3. The van der Waals surface area contributed by atoms with E-state index in [-0.39, 0.29) is 5.97 Å². The molecule has 2 rings (SSSR count). The molecule has 0 aliphatic carbocycles. The molecule has 1 aromatic carbocycles. The zero-order valence-electron chi connectivity index (χ0n) is 16.0. The van der Waals surface area contributed by atoms with Crippen LogP contribution in [0.5, 0.6) is 0 Å². The first kappa shape index (κ1) is 18.8. The van der Waals surface area contributed by atoms with Gasteiger partial charge in [-0.05, 0) is 41.7 Å². The molecule has 0 aliphatic heterocycles. The van der Waals surface area contributed by atoms with Crippen LogP contribution in [0.15, 0.2) is 28.7 Å². The maximum absolute atomic E-state index is 12.3. The summed E-state index contributed by atoms with van der Waals surface area (Å²) in [6, 6.07) is 7.75. The van der Waals surface area contributed by atoms with Crippen LogP contribution in [0, 0.1) is 0 Å². The van der Waals surface area contributed by atoms with Gasteiger partial charge in [-0.3, -0.25) is 0 Å². The highest BCUT2D eigenvalue weighted by atomic mass is 28.3. The van der Waals surface area contributed by atoms with Crippen molar-refractivity contribution in [1.82, 2.24) is 0 Å². The Kier molecular flexibility index (Phi) is 5.58. The minimum Gasteiger partial charge on any atom is -0.466 e. The fourth-order valence-electron chi connectivity index (χ4n) is 4.51. The number of esters is 1. The molecule has 1 heterocycles. The molecule has 0 aliphatic rings. The maximum atomic E-state index is 12.3. The summed E-state index contributed by atoms with van der Waals surface area (Å²) >= 11 is 0. The average molecular weight is 347 g/mol. The van der Waals surface area contributed by atoms with E-state index in [9.17, 15) is 4.79 Å². The molecule has 24 heavy (non-hydrogen) atoms. The molecule has 0 spiro atoms. The molecule has 0 fully saturated rings. The summed E-state index contributed by atoms with van der Waals surface area (Å²) in [6.45, 7) is 16.1. The lowest BCUT2D eigenvalue weighted by atomic mass is 10.1. The van der Waals surface area contributed by atoms with Crippen molar-refractivity contribution in [3.8, 4) is 0 Å². The second-order valence-corrected chi connectivity index (χ2v) is 13.3. The Bertz CT molecular complexity index is 691. The van der Waals surface area contributed by atoms with Gasteiger partial charge >= 0.3 is 5.97 Å². The Morgan fingerprint density at radius 1 is 1.08 bits per heavy atom. The summed E-state index contributed by atoms with van der Waals surface area (Å²) in [7, 11) is -1.88. The van der Waals surface area contributed by atoms with Crippen molar-refractivity contribution in [2.24, 2.45) is 0 Å². The van der Waals surface area contributed by atoms with Crippen LogP contribution in [-0.4, -0.2) is 20.7 Å². The predicted molar refractivity (Wildman–Crippen MR) is 103 cm³/mol. The summed E-state index contributed by atoms with van der Waals surface area (Å²) in [5, 5.41) is 1.99. The third kappa shape index (κ3) is 2.92. The smallest absolute Gasteiger partial charge is 0.338 e. The SMILES string of the molecule is CCOC(=O)c1cccc2oc([Si](C(C)C)(C(C)C)C(C)C)cc12. The van der Waals surface area contributed by atoms with Gasteiger partial charge in [-0.1, -0.05) is 47.6 Å². The zero-order chi connectivity index (χ0) is 18.1. The normalized spacial score (nSPS) is 12.6. The molecule has 0 unspecified atom stereocenters. The van der Waals surface area contributed by atoms with Crippen molar-refractivity contribution in [2.45, 2.75) is 65.1 Å². The predicted octanol–water partition coefficient (Wildman–Crippen LogP) is 5.50. The Hall–Kier alpha value is -1.55. The van der Waals surface area contributed by atoms with E-state index in [1.54, 1.807) is 0 Å². The third-order valence-corrected chi connectivity index (χ3v) is 12.2. The number of hydrogen-bond acceptors (Lipinski definition) is 3. The molecule has 0 bridgehead atoms. The molecular weight excluding hydrogens is 316 g/mol. The standard InChI is InChI=1S/C20H30O3Si/c1-8-22-20(21)16-10-9-11-18-17(16)12-19(23-18)24(13(2)3,14(4)5)15(6)7/h9-15H,8H2,1-7H3. The van der Waals surface area contributed by atoms with Crippen molar-refractivity contribution in [1.29, 1.82) is 0 Å². The van der Waals surface area contributed by atoms with Crippen LogP contribution < -0.4 is 5.38 Å². The first-order chi connectivity index (χ1) is 11.3. The van der Waals surface area contributed by atoms with Crippen LogP contribution in [-0.2, 0) is 4.74 Å². The lowest BCUT2D eigenvalue weighted by Crippen LogP contribution is -2.55. The van der Waals surface area contributed by atoms with E-state index in [0.717, 1.165) is 16.4 Å². The highest BCUT2D eigenvalue weighted by Crippen LogP contribution is 2.42. The molecule has 0 amide bonds. The molecule has 0 atom stereocenters. The molecule has 0 saturated heterocycles. The molecule has 0 N–H and O–H groups in total. The van der Waals surface area contributed by atoms with Gasteiger partial charge in [-0.15, -0.1) is 0 Å². The van der Waals surface area contributed by atoms with Crippen molar-refractivity contribution in [2.75, 3.05) is 6.61 Å². The molecule has 2 aromatic rings. The largest absolute Gasteiger partial charge is 0.466 e. The lowest BCUT2D eigenvalue weighted by molar-refractivity contribution is 0.0528. The van der Waals surface area contributed by atoms with Crippen LogP contribution >= 0.6 is 0 Å². The van der Waals surface area contributed by atoms with E-state index in [1.807, 2.05) is 25.1 Å². The lowest BCUT2D eigenvalue weighted by Gasteiger charge is -2.40. The molecule has 3 nitrogen and oxygen atoms in total. The first-order valence-corrected chi connectivity index (χ1v) is 11.2. The van der Waals surface area contributed by atoms with Gasteiger partial charge in [0.15, 0.2) is 0 Å². The number of carbonyl (C=O) groups excluding carboxylic acids is 1. The average Bonchev–Trinajstić information content (AvgIpc) is 2.90. The Balaban J connectivity index is 2.69. The minimum atomic E-state index is -1.88. The van der Waals surface area contributed by atoms with Crippen molar-refractivity contribution in [3.63, 3.8) is 0 Å². The van der Waals surface area contributed by atoms with Gasteiger partial charge in [0.25, 0.3) is 0 Å².